The van der Waals surface area contributed by atoms with E-state index in [2.05, 4.69) is 10.2 Å². The van der Waals surface area contributed by atoms with Gasteiger partial charge in [-0.05, 0) is 44.6 Å². The van der Waals surface area contributed by atoms with Gasteiger partial charge in [0.1, 0.15) is 5.82 Å². The molecule has 1 atom stereocenters. The highest BCUT2D eigenvalue weighted by atomic mass is 35.5. The van der Waals surface area contributed by atoms with Crippen LogP contribution < -0.4 is 5.32 Å². The summed E-state index contributed by atoms with van der Waals surface area (Å²) in [6, 6.07) is 4.92. The van der Waals surface area contributed by atoms with Crippen molar-refractivity contribution in [2.75, 3.05) is 26.7 Å². The second-order valence-electron chi connectivity index (χ2n) is 4.68. The average Bonchev–Trinajstić information content (AvgIpc) is 2.71. The lowest BCUT2D eigenvalue weighted by atomic mass is 10.1. The van der Waals surface area contributed by atoms with Crippen LogP contribution in [-0.2, 0) is 6.54 Å². The third kappa shape index (κ3) is 4.09. The van der Waals surface area contributed by atoms with Crippen LogP contribution in [0.2, 0.25) is 5.02 Å². The van der Waals surface area contributed by atoms with E-state index in [0.29, 0.717) is 17.5 Å². The molecule has 1 aliphatic heterocycles. The summed E-state index contributed by atoms with van der Waals surface area (Å²) >= 11 is 5.74. The topological polar surface area (TPSA) is 15.3 Å². The second kappa shape index (κ2) is 7.29. The fourth-order valence-electron chi connectivity index (χ4n) is 2.40. The Labute approximate surface area is 119 Å². The van der Waals surface area contributed by atoms with Gasteiger partial charge in [0.05, 0.1) is 0 Å². The maximum absolute atomic E-state index is 13.6. The van der Waals surface area contributed by atoms with Crippen molar-refractivity contribution in [2.24, 2.45) is 5.92 Å². The van der Waals surface area contributed by atoms with Crippen molar-refractivity contribution in [3.05, 3.63) is 34.6 Å². The fourth-order valence-corrected chi connectivity index (χ4v) is 2.56. The highest BCUT2D eigenvalue weighted by Crippen LogP contribution is 2.21. The van der Waals surface area contributed by atoms with E-state index in [1.807, 2.05) is 7.05 Å². The minimum Gasteiger partial charge on any atom is -0.319 e. The van der Waals surface area contributed by atoms with Crippen LogP contribution >= 0.6 is 24.0 Å². The largest absolute Gasteiger partial charge is 0.319 e. The molecule has 2 nitrogen and oxygen atoms in total. The van der Waals surface area contributed by atoms with Crippen molar-refractivity contribution in [3.8, 4) is 0 Å². The van der Waals surface area contributed by atoms with E-state index in [1.165, 1.54) is 12.5 Å². The van der Waals surface area contributed by atoms with Gasteiger partial charge in [-0.25, -0.2) is 4.39 Å². The number of likely N-dealkylation sites (tertiary alicyclic amines) is 1. The molecule has 5 heteroatoms. The summed E-state index contributed by atoms with van der Waals surface area (Å²) in [6.07, 6.45) is 1.19. The van der Waals surface area contributed by atoms with Crippen molar-refractivity contribution in [2.45, 2.75) is 13.0 Å². The minimum absolute atomic E-state index is 0. The lowest BCUT2D eigenvalue weighted by Crippen LogP contribution is -2.24. The first kappa shape index (κ1) is 15.7. The first-order valence-corrected chi connectivity index (χ1v) is 6.37. The standard InChI is InChI=1S/C13H18ClFN2.ClH/c1-16-7-10-4-5-17(8-10)9-11-2-3-12(14)6-13(11)15;/h2-3,6,10,16H,4-5,7-9H2,1H3;1H. The molecule has 1 heterocycles. The van der Waals surface area contributed by atoms with E-state index in [9.17, 15) is 4.39 Å². The summed E-state index contributed by atoms with van der Waals surface area (Å²) in [4.78, 5) is 2.30. The molecule has 1 saturated heterocycles. The van der Waals surface area contributed by atoms with Crippen LogP contribution in [0.5, 0.6) is 0 Å². The van der Waals surface area contributed by atoms with Gasteiger partial charge in [0.2, 0.25) is 0 Å². The maximum atomic E-state index is 13.6. The number of halogens is 3. The first-order valence-electron chi connectivity index (χ1n) is 6.00. The van der Waals surface area contributed by atoms with Crippen molar-refractivity contribution in [1.29, 1.82) is 0 Å². The lowest BCUT2D eigenvalue weighted by Gasteiger charge is -2.16. The molecule has 0 amide bonds. The van der Waals surface area contributed by atoms with Crippen LogP contribution in [0.15, 0.2) is 18.2 Å². The molecular formula is C13H19Cl2FN2. The Morgan fingerprint density at radius 2 is 2.28 bits per heavy atom. The predicted octanol–water partition coefficient (Wildman–Crippen LogP) is 2.94. The second-order valence-corrected chi connectivity index (χ2v) is 5.12. The molecule has 0 radical (unpaired) electrons. The van der Waals surface area contributed by atoms with Crippen molar-refractivity contribution in [3.63, 3.8) is 0 Å². The Balaban J connectivity index is 0.00000162. The Kier molecular flexibility index (Phi) is 6.36. The monoisotopic (exact) mass is 292 g/mol. The van der Waals surface area contributed by atoms with Crippen molar-refractivity contribution < 1.29 is 4.39 Å². The third-order valence-electron chi connectivity index (χ3n) is 3.27. The summed E-state index contributed by atoms with van der Waals surface area (Å²) in [5.41, 5.74) is 0.736. The fraction of sp³-hybridized carbons (Fsp3) is 0.538. The molecule has 18 heavy (non-hydrogen) atoms. The van der Waals surface area contributed by atoms with Crippen LogP contribution in [0, 0.1) is 11.7 Å². The van der Waals surface area contributed by atoms with Crippen molar-refractivity contribution in [1.82, 2.24) is 10.2 Å². The Morgan fingerprint density at radius 3 is 2.94 bits per heavy atom. The van der Waals surface area contributed by atoms with Gasteiger partial charge in [0, 0.05) is 23.7 Å². The van der Waals surface area contributed by atoms with Gasteiger partial charge in [-0.1, -0.05) is 17.7 Å². The smallest absolute Gasteiger partial charge is 0.129 e. The van der Waals surface area contributed by atoms with Gasteiger partial charge in [-0.2, -0.15) is 0 Å². The maximum Gasteiger partial charge on any atom is 0.129 e. The molecule has 2 rings (SSSR count). The number of hydrogen-bond donors (Lipinski definition) is 1. The molecule has 1 N–H and O–H groups in total. The average molecular weight is 293 g/mol. The van der Waals surface area contributed by atoms with E-state index in [0.717, 1.165) is 25.2 Å². The van der Waals surface area contributed by atoms with Gasteiger partial charge in [0.25, 0.3) is 0 Å². The molecule has 0 aromatic heterocycles. The van der Waals surface area contributed by atoms with Crippen LogP contribution in [0.3, 0.4) is 0 Å². The Bertz CT molecular complexity index is 387. The molecule has 0 bridgehead atoms. The van der Waals surface area contributed by atoms with Crippen LogP contribution in [-0.4, -0.2) is 31.6 Å². The summed E-state index contributed by atoms with van der Waals surface area (Å²) < 4.78 is 13.6. The summed E-state index contributed by atoms with van der Waals surface area (Å²) in [5.74, 6) is 0.491. The number of benzene rings is 1. The number of nitrogens with one attached hydrogen (secondary N) is 1. The molecule has 102 valence electrons. The zero-order valence-electron chi connectivity index (χ0n) is 10.5. The quantitative estimate of drug-likeness (QED) is 0.918. The van der Waals surface area contributed by atoms with Crippen LogP contribution in [0.1, 0.15) is 12.0 Å². The molecule has 1 aliphatic rings. The van der Waals surface area contributed by atoms with E-state index >= 15 is 0 Å². The number of rotatable bonds is 4. The molecule has 1 unspecified atom stereocenters. The molecule has 0 saturated carbocycles. The molecule has 1 aromatic rings. The van der Waals surface area contributed by atoms with Gasteiger partial charge in [-0.15, -0.1) is 12.4 Å². The van der Waals surface area contributed by atoms with E-state index in [4.69, 9.17) is 11.6 Å². The highest BCUT2D eigenvalue weighted by Gasteiger charge is 2.22. The molecule has 1 aromatic carbocycles. The van der Waals surface area contributed by atoms with E-state index < -0.39 is 0 Å². The van der Waals surface area contributed by atoms with Gasteiger partial charge in [0.15, 0.2) is 0 Å². The zero-order valence-corrected chi connectivity index (χ0v) is 12.0. The van der Waals surface area contributed by atoms with Crippen molar-refractivity contribution >= 4 is 24.0 Å². The first-order chi connectivity index (χ1) is 8.19. The predicted molar refractivity (Wildman–Crippen MR) is 76.0 cm³/mol. The van der Waals surface area contributed by atoms with Gasteiger partial charge < -0.3 is 5.32 Å². The highest BCUT2D eigenvalue weighted by molar-refractivity contribution is 6.30. The van der Waals surface area contributed by atoms with Crippen LogP contribution in [0.25, 0.3) is 0 Å². The summed E-state index contributed by atoms with van der Waals surface area (Å²) in [7, 11) is 1.97. The minimum atomic E-state index is -0.199. The van der Waals surface area contributed by atoms with Gasteiger partial charge >= 0.3 is 0 Å². The number of nitrogens with zero attached hydrogens (tertiary/aromatic N) is 1. The summed E-state index contributed by atoms with van der Waals surface area (Å²) in [5, 5.41) is 3.65. The third-order valence-corrected chi connectivity index (χ3v) is 3.51. The lowest BCUT2D eigenvalue weighted by molar-refractivity contribution is 0.310. The molecule has 0 aliphatic carbocycles. The normalized spacial score (nSPS) is 19.8. The molecule has 0 spiro atoms. The zero-order chi connectivity index (χ0) is 12.3. The number of hydrogen-bond acceptors (Lipinski definition) is 2. The Hall–Kier alpha value is -0.350. The molecule has 1 fully saturated rings. The van der Waals surface area contributed by atoms with E-state index in [-0.39, 0.29) is 18.2 Å². The Morgan fingerprint density at radius 1 is 1.50 bits per heavy atom. The SMILES string of the molecule is CNCC1CCN(Cc2ccc(Cl)cc2F)C1.Cl. The molecular weight excluding hydrogens is 274 g/mol. The van der Waals surface area contributed by atoms with E-state index in [1.54, 1.807) is 12.1 Å². The van der Waals surface area contributed by atoms with Crippen LogP contribution in [0.4, 0.5) is 4.39 Å². The summed E-state index contributed by atoms with van der Waals surface area (Å²) in [6.45, 7) is 3.82. The van der Waals surface area contributed by atoms with Gasteiger partial charge in [-0.3, -0.25) is 4.90 Å².